The number of methoxy groups -OCH3 is 1. The molecule has 4 aromatic heterocycles. The van der Waals surface area contributed by atoms with E-state index >= 15 is 0 Å². The van der Waals surface area contributed by atoms with Crippen LogP contribution in [0, 0.1) is 11.3 Å². The minimum absolute atomic E-state index is 0.0153. The summed E-state index contributed by atoms with van der Waals surface area (Å²) < 4.78 is 10.6. The number of hydrogen-bond donors (Lipinski definition) is 3. The Bertz CT molecular complexity index is 1820. The first-order valence-electron chi connectivity index (χ1n) is 12.5. The molecule has 9 nitrogen and oxygen atoms in total. The van der Waals surface area contributed by atoms with Crippen molar-refractivity contribution in [3.05, 3.63) is 80.7 Å². The average molecular weight is 570 g/mol. The molecule has 5 aromatic rings. The number of esters is 1. The van der Waals surface area contributed by atoms with Crippen LogP contribution < -0.4 is 16.8 Å². The number of nitrogen functional groups attached to an aromatic ring is 2. The van der Waals surface area contributed by atoms with Crippen LogP contribution in [0.15, 0.2) is 53.1 Å². The number of nitriles is 1. The van der Waals surface area contributed by atoms with Gasteiger partial charge < -0.3 is 25.9 Å². The summed E-state index contributed by atoms with van der Waals surface area (Å²) in [7, 11) is 1.33. The summed E-state index contributed by atoms with van der Waals surface area (Å²) in [6, 6.07) is 15.7. The van der Waals surface area contributed by atoms with Crippen LogP contribution in [0.1, 0.15) is 53.9 Å². The summed E-state index contributed by atoms with van der Waals surface area (Å²) in [6.07, 6.45) is 3.83. The van der Waals surface area contributed by atoms with Gasteiger partial charge in [0.05, 0.1) is 30.2 Å². The Kier molecular flexibility index (Phi) is 6.50. The molecule has 0 saturated heterocycles. The van der Waals surface area contributed by atoms with E-state index in [4.69, 9.17) is 20.6 Å². The van der Waals surface area contributed by atoms with E-state index in [1.165, 1.54) is 30.3 Å². The monoisotopic (exact) mass is 569 g/mol. The second-order valence-electron chi connectivity index (χ2n) is 9.37. The molecule has 6 rings (SSSR count). The van der Waals surface area contributed by atoms with E-state index in [0.717, 1.165) is 34.6 Å². The highest BCUT2D eigenvalue weighted by Gasteiger charge is 2.32. The lowest BCUT2D eigenvalue weighted by Gasteiger charge is -2.22. The molecule has 1 aromatic carbocycles. The number of rotatable bonds is 5. The Morgan fingerprint density at radius 3 is 2.67 bits per heavy atom. The molecule has 11 heteroatoms. The number of aromatic nitrogens is 1. The van der Waals surface area contributed by atoms with Crippen LogP contribution in [0.5, 0.6) is 0 Å². The lowest BCUT2D eigenvalue weighted by Crippen LogP contribution is -2.16. The Hall–Kier alpha value is -4.66. The molecule has 1 aliphatic carbocycles. The zero-order chi connectivity index (χ0) is 28.0. The first-order chi connectivity index (χ1) is 19.4. The second kappa shape index (κ2) is 10.1. The predicted molar refractivity (Wildman–Crippen MR) is 156 cm³/mol. The Morgan fingerprint density at radius 2 is 1.98 bits per heavy atom. The molecule has 0 fully saturated rings. The fourth-order valence-electron chi connectivity index (χ4n) is 5.28. The van der Waals surface area contributed by atoms with Crippen LogP contribution >= 0.6 is 22.7 Å². The zero-order valence-corrected chi connectivity index (χ0v) is 22.9. The van der Waals surface area contributed by atoms with Gasteiger partial charge in [-0.3, -0.25) is 4.79 Å². The van der Waals surface area contributed by atoms with Crippen LogP contribution in [0.25, 0.3) is 21.5 Å². The van der Waals surface area contributed by atoms with Gasteiger partial charge in [-0.2, -0.15) is 5.26 Å². The number of anilines is 3. The number of amides is 1. The third-order valence-corrected chi connectivity index (χ3v) is 9.41. The highest BCUT2D eigenvalue weighted by molar-refractivity contribution is 7.21. The van der Waals surface area contributed by atoms with Gasteiger partial charge >= 0.3 is 5.97 Å². The smallest absolute Gasteiger partial charge is 0.341 e. The molecule has 40 heavy (non-hydrogen) atoms. The number of fused-ring (bicyclic) bond motifs is 2. The molecule has 1 amide bonds. The van der Waals surface area contributed by atoms with E-state index in [-0.39, 0.29) is 21.9 Å². The van der Waals surface area contributed by atoms with Crippen molar-refractivity contribution in [1.82, 2.24) is 4.98 Å². The maximum Gasteiger partial charge on any atom is 0.341 e. The number of thiophene rings is 2. The van der Waals surface area contributed by atoms with E-state index < -0.39 is 11.9 Å². The summed E-state index contributed by atoms with van der Waals surface area (Å²) in [4.78, 5) is 32.5. The SMILES string of the molecule is COC(=O)c1c(NC(=O)c2sc3nc(N)c(C#N)c(-c4ccco4)c3c2N)sc2c1CCC(c1ccccc1)C2. The number of furan rings is 1. The van der Waals surface area contributed by atoms with Crippen molar-refractivity contribution in [1.29, 1.82) is 5.26 Å². The minimum atomic E-state index is -0.497. The van der Waals surface area contributed by atoms with Gasteiger partial charge in [0.15, 0.2) is 0 Å². The first-order valence-corrected chi connectivity index (χ1v) is 14.1. The fourth-order valence-corrected chi connectivity index (χ4v) is 7.60. The third-order valence-electron chi connectivity index (χ3n) is 7.14. The maximum absolute atomic E-state index is 13.6. The van der Waals surface area contributed by atoms with Crippen LogP contribution in [-0.4, -0.2) is 24.0 Å². The Morgan fingerprint density at radius 1 is 1.18 bits per heavy atom. The number of ether oxygens (including phenoxy) is 1. The summed E-state index contributed by atoms with van der Waals surface area (Å²) in [5.74, 6) is -0.263. The molecule has 0 spiro atoms. The topological polar surface area (TPSA) is 157 Å². The molecular formula is C29H23N5O4S2. The summed E-state index contributed by atoms with van der Waals surface area (Å²) in [5, 5.41) is 13.5. The van der Waals surface area contributed by atoms with Crippen LogP contribution in [0.2, 0.25) is 0 Å². The van der Waals surface area contributed by atoms with E-state index in [1.807, 2.05) is 18.2 Å². The van der Waals surface area contributed by atoms with E-state index in [1.54, 1.807) is 12.1 Å². The van der Waals surface area contributed by atoms with Crippen LogP contribution in [0.4, 0.5) is 16.5 Å². The summed E-state index contributed by atoms with van der Waals surface area (Å²) >= 11 is 2.44. The number of benzene rings is 1. The highest BCUT2D eigenvalue weighted by Crippen LogP contribution is 2.45. The standard InChI is InChI=1S/C29H23N5O4S2/c1-37-29(36)21-16-10-9-15(14-6-3-2-4-7-14)12-19(16)39-27(21)34-26(35)24-23(31)22-20(18-8-5-11-38-18)17(13-30)25(32)33-28(22)40-24/h2-8,11,15H,9-10,12,31H2,1H3,(H2,32,33)(H,34,35). The van der Waals surface area contributed by atoms with Gasteiger partial charge in [0.25, 0.3) is 5.91 Å². The number of carbonyl (C=O) groups is 2. The molecule has 5 N–H and O–H groups in total. The van der Waals surface area contributed by atoms with Gasteiger partial charge in [0.1, 0.15) is 37.9 Å². The van der Waals surface area contributed by atoms with Crippen molar-refractivity contribution in [2.24, 2.45) is 0 Å². The number of carbonyl (C=O) groups excluding carboxylic acids is 2. The summed E-state index contributed by atoms with van der Waals surface area (Å²) in [5.41, 5.74) is 15.8. The third kappa shape index (κ3) is 4.18. The van der Waals surface area contributed by atoms with Crippen LogP contribution in [-0.2, 0) is 17.6 Å². The molecular weight excluding hydrogens is 546 g/mol. The number of hydrogen-bond acceptors (Lipinski definition) is 10. The Balaban J connectivity index is 1.40. The predicted octanol–water partition coefficient (Wildman–Crippen LogP) is 5.97. The summed E-state index contributed by atoms with van der Waals surface area (Å²) in [6.45, 7) is 0. The number of nitrogens with one attached hydrogen (secondary N) is 1. The van der Waals surface area contributed by atoms with Crippen molar-refractivity contribution in [2.75, 3.05) is 23.9 Å². The number of pyridine rings is 1. The molecule has 0 saturated carbocycles. The molecule has 200 valence electrons. The van der Waals surface area contributed by atoms with E-state index in [2.05, 4.69) is 28.5 Å². The van der Waals surface area contributed by atoms with Crippen molar-refractivity contribution in [3.8, 4) is 17.4 Å². The van der Waals surface area contributed by atoms with Crippen molar-refractivity contribution in [2.45, 2.75) is 25.2 Å². The van der Waals surface area contributed by atoms with Gasteiger partial charge in [0.2, 0.25) is 0 Å². The van der Waals surface area contributed by atoms with Gasteiger partial charge in [0, 0.05) is 10.3 Å². The molecule has 0 bridgehead atoms. The van der Waals surface area contributed by atoms with Gasteiger partial charge in [-0.05, 0) is 48.4 Å². The van der Waals surface area contributed by atoms with Crippen molar-refractivity contribution in [3.63, 3.8) is 0 Å². The van der Waals surface area contributed by atoms with Gasteiger partial charge in [-0.25, -0.2) is 9.78 Å². The van der Waals surface area contributed by atoms with E-state index in [0.29, 0.717) is 44.4 Å². The van der Waals surface area contributed by atoms with Gasteiger partial charge in [-0.15, -0.1) is 22.7 Å². The quantitative estimate of drug-likeness (QED) is 0.219. The largest absolute Gasteiger partial charge is 0.465 e. The second-order valence-corrected chi connectivity index (χ2v) is 11.5. The van der Waals surface area contributed by atoms with Crippen LogP contribution in [0.3, 0.4) is 0 Å². The lowest BCUT2D eigenvalue weighted by atomic mass is 9.83. The zero-order valence-electron chi connectivity index (χ0n) is 21.3. The molecule has 0 radical (unpaired) electrons. The normalized spacial score (nSPS) is 14.4. The Labute approximate surface area is 237 Å². The van der Waals surface area contributed by atoms with E-state index in [9.17, 15) is 14.9 Å². The molecule has 1 atom stereocenters. The molecule has 1 unspecified atom stereocenters. The molecule has 1 aliphatic rings. The highest BCUT2D eigenvalue weighted by atomic mass is 32.1. The average Bonchev–Trinajstić information content (AvgIpc) is 3.70. The maximum atomic E-state index is 13.6. The lowest BCUT2D eigenvalue weighted by molar-refractivity contribution is 0.0601. The minimum Gasteiger partial charge on any atom is -0.465 e. The van der Waals surface area contributed by atoms with Crippen molar-refractivity contribution >= 4 is 61.3 Å². The van der Waals surface area contributed by atoms with Gasteiger partial charge in [-0.1, -0.05) is 30.3 Å². The van der Waals surface area contributed by atoms with Crippen molar-refractivity contribution < 1.29 is 18.7 Å². The first kappa shape index (κ1) is 25.6. The fraction of sp³-hybridized carbons (Fsp3) is 0.172. The number of nitrogens with two attached hydrogens (primary N) is 2. The molecule has 4 heterocycles. The molecule has 0 aliphatic heterocycles. The number of nitrogens with zero attached hydrogens (tertiary/aromatic N) is 2.